The van der Waals surface area contributed by atoms with Gasteiger partial charge in [-0.2, -0.15) is 0 Å². The van der Waals surface area contributed by atoms with Crippen molar-refractivity contribution in [2.45, 2.75) is 19.6 Å². The van der Waals surface area contributed by atoms with Gasteiger partial charge in [-0.1, -0.05) is 24.3 Å². The zero-order valence-electron chi connectivity index (χ0n) is 10.6. The maximum atomic E-state index is 5.20. The van der Waals surface area contributed by atoms with E-state index in [9.17, 15) is 0 Å². The second-order valence-corrected chi connectivity index (χ2v) is 5.03. The molecule has 4 heteroatoms. The van der Waals surface area contributed by atoms with Crippen molar-refractivity contribution < 1.29 is 4.74 Å². The average molecular weight is 262 g/mol. The summed E-state index contributed by atoms with van der Waals surface area (Å²) < 4.78 is 5.20. The number of ether oxygens (including phenoxy) is 1. The minimum atomic E-state index is 0.671. The number of thiazole rings is 1. The Morgan fingerprint density at radius 3 is 2.83 bits per heavy atom. The fourth-order valence-corrected chi connectivity index (χ4v) is 2.44. The highest BCUT2D eigenvalue weighted by molar-refractivity contribution is 7.09. The monoisotopic (exact) mass is 262 g/mol. The van der Waals surface area contributed by atoms with Crippen LogP contribution in [0.15, 0.2) is 35.8 Å². The predicted molar refractivity (Wildman–Crippen MR) is 74.7 cm³/mol. The molecule has 1 aromatic heterocycles. The standard InChI is InChI=1S/C14H18N2OS/c1-17-11-13-5-3-2-4-12(13)10-15-7-6-14-16-8-9-18-14/h2-5,8-9,15H,6-7,10-11H2,1H3. The van der Waals surface area contributed by atoms with Gasteiger partial charge < -0.3 is 10.1 Å². The van der Waals surface area contributed by atoms with Gasteiger partial charge in [0, 0.05) is 38.2 Å². The van der Waals surface area contributed by atoms with E-state index in [0.29, 0.717) is 6.61 Å². The maximum Gasteiger partial charge on any atom is 0.0937 e. The van der Waals surface area contributed by atoms with Gasteiger partial charge in [0.2, 0.25) is 0 Å². The van der Waals surface area contributed by atoms with Crippen molar-refractivity contribution in [3.63, 3.8) is 0 Å². The second kappa shape index (κ2) is 7.26. The van der Waals surface area contributed by atoms with Gasteiger partial charge in [-0.05, 0) is 11.1 Å². The number of aromatic nitrogens is 1. The summed E-state index contributed by atoms with van der Waals surface area (Å²) in [6.07, 6.45) is 2.85. The normalized spacial score (nSPS) is 10.7. The van der Waals surface area contributed by atoms with Crippen LogP contribution in [0.25, 0.3) is 0 Å². The van der Waals surface area contributed by atoms with Gasteiger partial charge in [-0.25, -0.2) is 4.98 Å². The van der Waals surface area contributed by atoms with Crippen LogP contribution < -0.4 is 5.32 Å². The third-order valence-electron chi connectivity index (χ3n) is 2.73. The molecular formula is C14H18N2OS. The van der Waals surface area contributed by atoms with Crippen LogP contribution in [-0.2, 0) is 24.3 Å². The molecule has 0 aliphatic heterocycles. The Hall–Kier alpha value is -1.23. The summed E-state index contributed by atoms with van der Waals surface area (Å²) >= 11 is 1.71. The van der Waals surface area contributed by atoms with Gasteiger partial charge in [0.25, 0.3) is 0 Å². The number of rotatable bonds is 7. The predicted octanol–water partition coefficient (Wildman–Crippen LogP) is 2.62. The van der Waals surface area contributed by atoms with E-state index in [0.717, 1.165) is 19.5 Å². The minimum absolute atomic E-state index is 0.671. The van der Waals surface area contributed by atoms with Crippen LogP contribution in [0.2, 0.25) is 0 Å². The smallest absolute Gasteiger partial charge is 0.0937 e. The lowest BCUT2D eigenvalue weighted by molar-refractivity contribution is 0.184. The van der Waals surface area contributed by atoms with Crippen molar-refractivity contribution >= 4 is 11.3 Å². The van der Waals surface area contributed by atoms with Crippen LogP contribution in [-0.4, -0.2) is 18.6 Å². The molecule has 0 atom stereocenters. The van der Waals surface area contributed by atoms with Crippen molar-refractivity contribution in [3.8, 4) is 0 Å². The van der Waals surface area contributed by atoms with Crippen LogP contribution >= 0.6 is 11.3 Å². The molecule has 18 heavy (non-hydrogen) atoms. The Morgan fingerprint density at radius 1 is 1.28 bits per heavy atom. The van der Waals surface area contributed by atoms with Gasteiger partial charge in [0.1, 0.15) is 0 Å². The van der Waals surface area contributed by atoms with Crippen molar-refractivity contribution in [1.29, 1.82) is 0 Å². The lowest BCUT2D eigenvalue weighted by Gasteiger charge is -2.09. The molecule has 2 aromatic rings. The van der Waals surface area contributed by atoms with E-state index in [1.54, 1.807) is 18.4 Å². The molecule has 0 unspecified atom stereocenters. The third kappa shape index (κ3) is 3.91. The largest absolute Gasteiger partial charge is 0.380 e. The molecule has 0 spiro atoms. The molecule has 3 nitrogen and oxygen atoms in total. The number of hydrogen-bond acceptors (Lipinski definition) is 4. The van der Waals surface area contributed by atoms with Gasteiger partial charge >= 0.3 is 0 Å². The Bertz CT molecular complexity index is 457. The van der Waals surface area contributed by atoms with Gasteiger partial charge in [-0.15, -0.1) is 11.3 Å². The first-order valence-electron chi connectivity index (χ1n) is 6.05. The van der Waals surface area contributed by atoms with E-state index in [-0.39, 0.29) is 0 Å². The molecule has 0 radical (unpaired) electrons. The molecule has 1 heterocycles. The first-order chi connectivity index (χ1) is 8.90. The SMILES string of the molecule is COCc1ccccc1CNCCc1nccs1. The highest BCUT2D eigenvalue weighted by Crippen LogP contribution is 2.09. The first-order valence-corrected chi connectivity index (χ1v) is 6.93. The summed E-state index contributed by atoms with van der Waals surface area (Å²) in [5.74, 6) is 0. The zero-order chi connectivity index (χ0) is 12.6. The number of nitrogens with one attached hydrogen (secondary N) is 1. The van der Waals surface area contributed by atoms with Gasteiger partial charge in [0.05, 0.1) is 11.6 Å². The Balaban J connectivity index is 1.79. The second-order valence-electron chi connectivity index (χ2n) is 4.05. The molecule has 1 aromatic carbocycles. The summed E-state index contributed by atoms with van der Waals surface area (Å²) in [7, 11) is 1.73. The van der Waals surface area contributed by atoms with E-state index in [1.807, 2.05) is 17.6 Å². The van der Waals surface area contributed by atoms with Crippen molar-refractivity contribution in [2.75, 3.05) is 13.7 Å². The summed E-state index contributed by atoms with van der Waals surface area (Å²) in [4.78, 5) is 4.27. The summed E-state index contributed by atoms with van der Waals surface area (Å²) in [5.41, 5.74) is 2.56. The van der Waals surface area contributed by atoms with E-state index < -0.39 is 0 Å². The first kappa shape index (κ1) is 13.2. The van der Waals surface area contributed by atoms with Gasteiger partial charge in [0.15, 0.2) is 0 Å². The third-order valence-corrected chi connectivity index (χ3v) is 3.57. The fraction of sp³-hybridized carbons (Fsp3) is 0.357. The molecule has 0 fully saturated rings. The molecule has 0 saturated heterocycles. The summed E-state index contributed by atoms with van der Waals surface area (Å²) in [6.45, 7) is 2.50. The molecule has 0 aliphatic rings. The van der Waals surface area contributed by atoms with E-state index in [4.69, 9.17) is 4.74 Å². The number of benzene rings is 1. The molecular weight excluding hydrogens is 244 g/mol. The van der Waals surface area contributed by atoms with E-state index in [2.05, 4.69) is 28.5 Å². The number of nitrogens with zero attached hydrogens (tertiary/aromatic N) is 1. The fourth-order valence-electron chi connectivity index (χ4n) is 1.82. The van der Waals surface area contributed by atoms with Crippen LogP contribution in [0.4, 0.5) is 0 Å². The quantitative estimate of drug-likeness (QED) is 0.779. The summed E-state index contributed by atoms with van der Waals surface area (Å²) in [6, 6.07) is 8.37. The Kier molecular flexibility index (Phi) is 5.33. The van der Waals surface area contributed by atoms with Crippen LogP contribution in [0.5, 0.6) is 0 Å². The van der Waals surface area contributed by atoms with Crippen LogP contribution in [0.1, 0.15) is 16.1 Å². The lowest BCUT2D eigenvalue weighted by Crippen LogP contribution is -2.17. The highest BCUT2D eigenvalue weighted by atomic mass is 32.1. The number of methoxy groups -OCH3 is 1. The Labute approximate surface area is 112 Å². The molecule has 1 N–H and O–H groups in total. The van der Waals surface area contributed by atoms with Crippen molar-refractivity contribution in [1.82, 2.24) is 10.3 Å². The molecule has 0 saturated carbocycles. The zero-order valence-corrected chi connectivity index (χ0v) is 11.4. The highest BCUT2D eigenvalue weighted by Gasteiger charge is 2.01. The molecule has 0 bridgehead atoms. The van der Waals surface area contributed by atoms with Crippen molar-refractivity contribution in [2.24, 2.45) is 0 Å². The summed E-state index contributed by atoms with van der Waals surface area (Å²) in [5, 5.41) is 6.65. The number of hydrogen-bond donors (Lipinski definition) is 1. The maximum absolute atomic E-state index is 5.20. The van der Waals surface area contributed by atoms with Crippen LogP contribution in [0.3, 0.4) is 0 Å². The Morgan fingerprint density at radius 2 is 2.11 bits per heavy atom. The molecule has 0 aliphatic carbocycles. The van der Waals surface area contributed by atoms with E-state index >= 15 is 0 Å². The topological polar surface area (TPSA) is 34.1 Å². The molecule has 2 rings (SSSR count). The van der Waals surface area contributed by atoms with E-state index in [1.165, 1.54) is 16.1 Å². The molecule has 96 valence electrons. The van der Waals surface area contributed by atoms with Crippen molar-refractivity contribution in [3.05, 3.63) is 52.0 Å². The van der Waals surface area contributed by atoms with Gasteiger partial charge in [-0.3, -0.25) is 0 Å². The molecule has 0 amide bonds. The lowest BCUT2D eigenvalue weighted by atomic mass is 10.1. The van der Waals surface area contributed by atoms with Crippen LogP contribution in [0, 0.1) is 0 Å². The minimum Gasteiger partial charge on any atom is -0.380 e. The average Bonchev–Trinajstić information content (AvgIpc) is 2.90.